The Bertz CT molecular complexity index is 757. The predicted octanol–water partition coefficient (Wildman–Crippen LogP) is 1.98. The summed E-state index contributed by atoms with van der Waals surface area (Å²) in [5.74, 6) is 0.715. The van der Waals surface area contributed by atoms with Gasteiger partial charge in [0.2, 0.25) is 0 Å². The zero-order valence-corrected chi connectivity index (χ0v) is 10.3. The van der Waals surface area contributed by atoms with Crippen LogP contribution in [0.2, 0.25) is 0 Å². The standard InChI is InChI=1S/C11H9F3N6/c1-15-8-6-19-5-3-16-9(19)10(17-8)20-4-2-7(18-20)11(12,13)14/h2-6,15H,1H3. The molecule has 0 spiro atoms. The van der Waals surface area contributed by atoms with Gasteiger partial charge in [0.1, 0.15) is 5.82 Å². The minimum Gasteiger partial charge on any atom is -0.372 e. The molecule has 0 fully saturated rings. The number of anilines is 1. The van der Waals surface area contributed by atoms with Gasteiger partial charge in [-0.1, -0.05) is 0 Å². The van der Waals surface area contributed by atoms with E-state index in [-0.39, 0.29) is 5.82 Å². The minimum absolute atomic E-state index is 0.220. The monoisotopic (exact) mass is 282 g/mol. The van der Waals surface area contributed by atoms with Crippen LogP contribution in [0, 0.1) is 0 Å². The highest BCUT2D eigenvalue weighted by Gasteiger charge is 2.34. The van der Waals surface area contributed by atoms with Crippen LogP contribution in [0.1, 0.15) is 5.69 Å². The Morgan fingerprint density at radius 1 is 1.25 bits per heavy atom. The Morgan fingerprint density at radius 2 is 2.05 bits per heavy atom. The summed E-state index contributed by atoms with van der Waals surface area (Å²) < 4.78 is 40.5. The van der Waals surface area contributed by atoms with Crippen molar-refractivity contribution in [1.29, 1.82) is 0 Å². The third-order valence-corrected chi connectivity index (χ3v) is 2.71. The fourth-order valence-electron chi connectivity index (χ4n) is 1.78. The Hall–Kier alpha value is -2.58. The van der Waals surface area contributed by atoms with E-state index in [1.54, 1.807) is 23.8 Å². The van der Waals surface area contributed by atoms with Crippen molar-refractivity contribution in [3.05, 3.63) is 36.5 Å². The summed E-state index contributed by atoms with van der Waals surface area (Å²) in [7, 11) is 1.67. The first-order valence-electron chi connectivity index (χ1n) is 5.64. The highest BCUT2D eigenvalue weighted by molar-refractivity contribution is 5.57. The van der Waals surface area contributed by atoms with Crippen LogP contribution in [0.4, 0.5) is 19.0 Å². The van der Waals surface area contributed by atoms with E-state index in [9.17, 15) is 13.2 Å². The largest absolute Gasteiger partial charge is 0.435 e. The number of hydrogen-bond acceptors (Lipinski definition) is 4. The fourth-order valence-corrected chi connectivity index (χ4v) is 1.78. The van der Waals surface area contributed by atoms with Crippen LogP contribution in [0.25, 0.3) is 11.5 Å². The van der Waals surface area contributed by atoms with E-state index in [0.29, 0.717) is 11.5 Å². The molecule has 3 aromatic heterocycles. The van der Waals surface area contributed by atoms with Gasteiger partial charge in [0.25, 0.3) is 0 Å². The number of imidazole rings is 1. The Kier molecular flexibility index (Phi) is 2.63. The van der Waals surface area contributed by atoms with Crippen LogP contribution in [0.5, 0.6) is 0 Å². The average molecular weight is 282 g/mol. The first-order valence-corrected chi connectivity index (χ1v) is 5.64. The van der Waals surface area contributed by atoms with Crippen molar-refractivity contribution in [3.63, 3.8) is 0 Å². The second kappa shape index (κ2) is 4.22. The SMILES string of the molecule is CNc1cn2ccnc2c(-n2ccc(C(F)(F)F)n2)n1. The molecule has 0 amide bonds. The van der Waals surface area contributed by atoms with Gasteiger partial charge >= 0.3 is 6.18 Å². The molecule has 0 atom stereocenters. The molecule has 0 aliphatic carbocycles. The zero-order valence-electron chi connectivity index (χ0n) is 10.3. The van der Waals surface area contributed by atoms with Gasteiger partial charge in [0, 0.05) is 25.6 Å². The van der Waals surface area contributed by atoms with Crippen molar-refractivity contribution >= 4 is 11.5 Å². The Balaban J connectivity index is 2.18. The van der Waals surface area contributed by atoms with E-state index >= 15 is 0 Å². The van der Waals surface area contributed by atoms with Gasteiger partial charge in [0.05, 0.1) is 6.20 Å². The molecule has 0 saturated carbocycles. The molecule has 0 aliphatic heterocycles. The lowest BCUT2D eigenvalue weighted by atomic mass is 10.4. The number of nitrogens with zero attached hydrogens (tertiary/aromatic N) is 5. The van der Waals surface area contributed by atoms with Gasteiger partial charge in [-0.15, -0.1) is 0 Å². The Labute approximate surface area is 110 Å². The van der Waals surface area contributed by atoms with E-state index in [1.165, 1.54) is 12.4 Å². The molecule has 3 heterocycles. The number of fused-ring (bicyclic) bond motifs is 1. The summed E-state index contributed by atoms with van der Waals surface area (Å²) in [6.07, 6.45) is 1.61. The maximum absolute atomic E-state index is 12.6. The molecular formula is C11H9F3N6. The smallest absolute Gasteiger partial charge is 0.372 e. The lowest BCUT2D eigenvalue weighted by Crippen LogP contribution is -2.09. The van der Waals surface area contributed by atoms with E-state index in [0.717, 1.165) is 10.7 Å². The number of hydrogen-bond donors (Lipinski definition) is 1. The molecule has 6 nitrogen and oxygen atoms in total. The summed E-state index contributed by atoms with van der Waals surface area (Å²) in [5, 5.41) is 6.34. The molecule has 0 bridgehead atoms. The topological polar surface area (TPSA) is 60.0 Å². The lowest BCUT2D eigenvalue weighted by molar-refractivity contribution is -0.141. The summed E-state index contributed by atoms with van der Waals surface area (Å²) in [6, 6.07) is 0.896. The fraction of sp³-hybridized carbons (Fsp3) is 0.182. The van der Waals surface area contributed by atoms with Crippen LogP contribution in [-0.2, 0) is 6.18 Å². The molecule has 3 rings (SSSR count). The molecule has 0 aromatic carbocycles. The van der Waals surface area contributed by atoms with Gasteiger partial charge in [-0.25, -0.2) is 14.6 Å². The number of alkyl halides is 3. The number of rotatable bonds is 2. The third kappa shape index (κ3) is 1.96. The summed E-state index contributed by atoms with van der Waals surface area (Å²) in [6.45, 7) is 0. The van der Waals surface area contributed by atoms with Crippen LogP contribution >= 0.6 is 0 Å². The highest BCUT2D eigenvalue weighted by atomic mass is 19.4. The van der Waals surface area contributed by atoms with Crippen molar-refractivity contribution in [3.8, 4) is 5.82 Å². The van der Waals surface area contributed by atoms with Crippen LogP contribution in [0.3, 0.4) is 0 Å². The third-order valence-electron chi connectivity index (χ3n) is 2.71. The van der Waals surface area contributed by atoms with Gasteiger partial charge in [-0.3, -0.25) is 0 Å². The second-order valence-electron chi connectivity index (χ2n) is 4.00. The van der Waals surface area contributed by atoms with E-state index in [2.05, 4.69) is 20.4 Å². The first-order chi connectivity index (χ1) is 9.49. The van der Waals surface area contributed by atoms with Gasteiger partial charge in [-0.2, -0.15) is 18.3 Å². The summed E-state index contributed by atoms with van der Waals surface area (Å²) >= 11 is 0. The molecule has 104 valence electrons. The van der Waals surface area contributed by atoms with Crippen molar-refractivity contribution in [2.45, 2.75) is 6.18 Å². The van der Waals surface area contributed by atoms with Crippen molar-refractivity contribution < 1.29 is 13.2 Å². The molecule has 9 heteroatoms. The molecular weight excluding hydrogens is 273 g/mol. The number of nitrogens with one attached hydrogen (secondary N) is 1. The molecule has 0 radical (unpaired) electrons. The second-order valence-corrected chi connectivity index (χ2v) is 4.00. The van der Waals surface area contributed by atoms with E-state index < -0.39 is 11.9 Å². The van der Waals surface area contributed by atoms with Gasteiger partial charge in [-0.05, 0) is 6.07 Å². The predicted molar refractivity (Wildman–Crippen MR) is 64.7 cm³/mol. The Morgan fingerprint density at radius 3 is 2.70 bits per heavy atom. The van der Waals surface area contributed by atoms with Crippen LogP contribution in [0.15, 0.2) is 30.9 Å². The lowest BCUT2D eigenvalue weighted by Gasteiger charge is -2.07. The average Bonchev–Trinajstić information content (AvgIpc) is 3.05. The summed E-state index contributed by atoms with van der Waals surface area (Å²) in [4.78, 5) is 8.27. The minimum atomic E-state index is -4.49. The molecule has 1 N–H and O–H groups in total. The molecule has 20 heavy (non-hydrogen) atoms. The van der Waals surface area contributed by atoms with Crippen molar-refractivity contribution in [1.82, 2.24) is 24.1 Å². The summed E-state index contributed by atoms with van der Waals surface area (Å²) in [5.41, 5.74) is -0.556. The highest BCUT2D eigenvalue weighted by Crippen LogP contribution is 2.28. The maximum atomic E-state index is 12.6. The molecule has 3 aromatic rings. The van der Waals surface area contributed by atoms with Crippen LogP contribution < -0.4 is 5.32 Å². The first kappa shape index (κ1) is 12.5. The number of halogens is 3. The van der Waals surface area contributed by atoms with Gasteiger partial charge in [0.15, 0.2) is 17.2 Å². The van der Waals surface area contributed by atoms with Crippen molar-refractivity contribution in [2.24, 2.45) is 0 Å². The molecule has 0 aliphatic rings. The van der Waals surface area contributed by atoms with Gasteiger partial charge < -0.3 is 9.72 Å². The van der Waals surface area contributed by atoms with E-state index in [4.69, 9.17) is 0 Å². The maximum Gasteiger partial charge on any atom is 0.435 e. The van der Waals surface area contributed by atoms with Crippen molar-refractivity contribution in [2.75, 3.05) is 12.4 Å². The molecule has 0 unspecified atom stereocenters. The zero-order chi connectivity index (χ0) is 14.3. The number of aromatic nitrogens is 5. The quantitative estimate of drug-likeness (QED) is 0.780. The van der Waals surface area contributed by atoms with E-state index in [1.807, 2.05) is 0 Å². The molecule has 0 saturated heterocycles. The normalized spacial score (nSPS) is 12.0. The van der Waals surface area contributed by atoms with Crippen LogP contribution in [-0.4, -0.2) is 31.2 Å².